The van der Waals surface area contributed by atoms with Crippen LogP contribution in [-0.4, -0.2) is 38.0 Å². The van der Waals surface area contributed by atoms with E-state index in [1.54, 1.807) is 12.1 Å². The van der Waals surface area contributed by atoms with E-state index in [2.05, 4.69) is 10.8 Å². The number of fused-ring (bicyclic) bond motifs is 1. The van der Waals surface area contributed by atoms with Gasteiger partial charge in [0.05, 0.1) is 17.1 Å². The van der Waals surface area contributed by atoms with Gasteiger partial charge in [-0.15, -0.1) is 0 Å². The molecule has 2 saturated carbocycles. The average Bonchev–Trinajstić information content (AvgIpc) is 3.60. The van der Waals surface area contributed by atoms with Crippen LogP contribution in [0.1, 0.15) is 48.9 Å². The van der Waals surface area contributed by atoms with Crippen molar-refractivity contribution in [2.45, 2.75) is 49.0 Å². The van der Waals surface area contributed by atoms with Gasteiger partial charge in [0.2, 0.25) is 10.0 Å². The molecule has 0 atom stereocenters. The number of hydrogen-bond acceptors (Lipinski definition) is 5. The topological polar surface area (TPSA) is 82.5 Å². The van der Waals surface area contributed by atoms with Crippen LogP contribution < -0.4 is 14.2 Å². The van der Waals surface area contributed by atoms with Gasteiger partial charge in [-0.1, -0.05) is 0 Å². The molecule has 2 fully saturated rings. The van der Waals surface area contributed by atoms with Crippen LogP contribution in [-0.2, 0) is 16.6 Å². The van der Waals surface area contributed by atoms with E-state index in [4.69, 9.17) is 14.6 Å². The first-order valence-corrected chi connectivity index (χ1v) is 11.1. The van der Waals surface area contributed by atoms with Crippen molar-refractivity contribution in [2.24, 2.45) is 0 Å². The summed E-state index contributed by atoms with van der Waals surface area (Å²) in [5, 5.41) is 4.73. The van der Waals surface area contributed by atoms with Gasteiger partial charge in [0.1, 0.15) is 13.2 Å². The number of hydrogen-bond donors (Lipinski definition) is 1. The first kappa shape index (κ1) is 17.1. The number of nitrogens with zero attached hydrogens (tertiary/aromatic N) is 2. The molecule has 2 aromatic rings. The van der Waals surface area contributed by atoms with Gasteiger partial charge in [-0.25, -0.2) is 13.1 Å². The Balaban J connectivity index is 1.27. The molecule has 0 radical (unpaired) electrons. The molecule has 3 aliphatic rings. The largest absolute Gasteiger partial charge is 0.486 e. The van der Waals surface area contributed by atoms with Crippen molar-refractivity contribution in [2.75, 3.05) is 19.8 Å². The number of benzene rings is 1. The summed E-state index contributed by atoms with van der Waals surface area (Å²) in [6.45, 7) is 1.76. The average molecular weight is 389 g/mol. The lowest BCUT2D eigenvalue weighted by Crippen LogP contribution is -2.28. The first-order valence-electron chi connectivity index (χ1n) is 9.57. The van der Waals surface area contributed by atoms with Crippen molar-refractivity contribution in [3.63, 3.8) is 0 Å². The minimum atomic E-state index is -3.61. The van der Waals surface area contributed by atoms with Crippen molar-refractivity contribution in [1.29, 1.82) is 0 Å². The summed E-state index contributed by atoms with van der Waals surface area (Å²) in [5.74, 6) is 2.26. The Hall–Kier alpha value is -2.06. The Morgan fingerprint density at radius 3 is 2.52 bits per heavy atom. The van der Waals surface area contributed by atoms with Gasteiger partial charge in [0, 0.05) is 30.1 Å². The molecule has 0 unspecified atom stereocenters. The molecular formula is C19H23N3O4S. The van der Waals surface area contributed by atoms with E-state index in [1.165, 1.54) is 43.1 Å². The molecule has 1 aromatic carbocycles. The highest BCUT2D eigenvalue weighted by molar-refractivity contribution is 7.89. The maximum Gasteiger partial charge on any atom is 0.240 e. The van der Waals surface area contributed by atoms with Crippen LogP contribution in [0.3, 0.4) is 0 Å². The van der Waals surface area contributed by atoms with Gasteiger partial charge in [0.15, 0.2) is 11.5 Å². The predicted molar refractivity (Wildman–Crippen MR) is 98.8 cm³/mol. The third kappa shape index (κ3) is 3.55. The van der Waals surface area contributed by atoms with Gasteiger partial charge in [0.25, 0.3) is 0 Å². The summed E-state index contributed by atoms with van der Waals surface area (Å²) in [4.78, 5) is 0.188. The van der Waals surface area contributed by atoms with E-state index in [0.717, 1.165) is 0 Å². The van der Waals surface area contributed by atoms with Crippen molar-refractivity contribution < 1.29 is 17.9 Å². The Bertz CT molecular complexity index is 961. The minimum Gasteiger partial charge on any atom is -0.486 e. The van der Waals surface area contributed by atoms with E-state index in [1.807, 2.05) is 4.68 Å². The van der Waals surface area contributed by atoms with Crippen LogP contribution >= 0.6 is 0 Å². The maximum absolute atomic E-state index is 12.6. The first-order chi connectivity index (χ1) is 13.1. The van der Waals surface area contributed by atoms with Gasteiger partial charge in [-0.3, -0.25) is 4.68 Å². The summed E-state index contributed by atoms with van der Waals surface area (Å²) in [6.07, 6.45) is 4.85. The normalized spacial score (nSPS) is 19.3. The molecule has 0 spiro atoms. The van der Waals surface area contributed by atoms with Crippen LogP contribution in [0.25, 0.3) is 0 Å². The van der Waals surface area contributed by atoms with Crippen LogP contribution in [0.15, 0.2) is 29.2 Å². The van der Waals surface area contributed by atoms with Gasteiger partial charge >= 0.3 is 0 Å². The monoisotopic (exact) mass is 389 g/mol. The molecule has 2 heterocycles. The second-order valence-corrected chi connectivity index (χ2v) is 9.24. The molecule has 144 valence electrons. The Morgan fingerprint density at radius 1 is 1.04 bits per heavy atom. The van der Waals surface area contributed by atoms with E-state index in [-0.39, 0.29) is 4.90 Å². The molecule has 0 amide bonds. The molecule has 0 bridgehead atoms. The van der Waals surface area contributed by atoms with Crippen molar-refractivity contribution >= 4 is 10.0 Å². The lowest BCUT2D eigenvalue weighted by Gasteiger charge is -2.19. The zero-order valence-corrected chi connectivity index (χ0v) is 15.9. The number of aromatic nitrogens is 2. The van der Waals surface area contributed by atoms with Crippen molar-refractivity contribution in [1.82, 2.24) is 14.5 Å². The van der Waals surface area contributed by atoms with Gasteiger partial charge in [-0.05, 0) is 43.9 Å². The van der Waals surface area contributed by atoms with Crippen LogP contribution in [0.2, 0.25) is 0 Å². The maximum atomic E-state index is 12.6. The van der Waals surface area contributed by atoms with Crippen LogP contribution in [0.5, 0.6) is 11.5 Å². The van der Waals surface area contributed by atoms with E-state index >= 15 is 0 Å². The Morgan fingerprint density at radius 2 is 1.78 bits per heavy atom. The number of rotatable bonds is 7. The van der Waals surface area contributed by atoms with E-state index < -0.39 is 10.0 Å². The third-order valence-electron chi connectivity index (χ3n) is 5.26. The fourth-order valence-corrected chi connectivity index (χ4v) is 4.51. The molecular weight excluding hydrogens is 366 g/mol. The summed E-state index contributed by atoms with van der Waals surface area (Å²) in [5.41, 5.74) is 2.43. The van der Waals surface area contributed by atoms with Crippen molar-refractivity contribution in [3.8, 4) is 11.5 Å². The smallest absolute Gasteiger partial charge is 0.240 e. The molecule has 0 saturated heterocycles. The molecule has 1 aromatic heterocycles. The molecule has 7 nitrogen and oxygen atoms in total. The standard InChI is InChI=1S/C19H23N3O4S/c23-27(24,15-5-6-18-19(11-15)26-10-9-25-18)20-7-8-22-17(14-3-4-14)12-16(21-22)13-1-2-13/h5-6,11-14,20H,1-4,7-10H2. The van der Waals surface area contributed by atoms with Crippen LogP contribution in [0, 0.1) is 0 Å². The fourth-order valence-electron chi connectivity index (χ4n) is 3.48. The fraction of sp³-hybridized carbons (Fsp3) is 0.526. The highest BCUT2D eigenvalue weighted by atomic mass is 32.2. The van der Waals surface area contributed by atoms with Gasteiger partial charge in [-0.2, -0.15) is 5.10 Å². The summed E-state index contributed by atoms with van der Waals surface area (Å²) in [7, 11) is -3.61. The molecule has 5 rings (SSSR count). The predicted octanol–water partition coefficient (Wildman–Crippen LogP) is 2.39. The summed E-state index contributed by atoms with van der Waals surface area (Å²) < 4.78 is 40.9. The van der Waals surface area contributed by atoms with E-state index in [9.17, 15) is 8.42 Å². The lowest BCUT2D eigenvalue weighted by molar-refractivity contribution is 0.171. The van der Waals surface area contributed by atoms with Crippen molar-refractivity contribution in [3.05, 3.63) is 35.7 Å². The number of sulfonamides is 1. The SMILES string of the molecule is O=S(=O)(NCCn1nc(C2CC2)cc1C1CC1)c1ccc2c(c1)OCCO2. The molecule has 8 heteroatoms. The number of nitrogens with one attached hydrogen (secondary N) is 1. The lowest BCUT2D eigenvalue weighted by atomic mass is 10.2. The molecule has 1 N–H and O–H groups in total. The zero-order chi connectivity index (χ0) is 18.4. The summed E-state index contributed by atoms with van der Waals surface area (Å²) in [6, 6.07) is 6.93. The highest BCUT2D eigenvalue weighted by Crippen LogP contribution is 2.44. The quantitative estimate of drug-likeness (QED) is 0.786. The zero-order valence-electron chi connectivity index (χ0n) is 15.1. The second kappa shape index (κ2) is 6.53. The van der Waals surface area contributed by atoms with Gasteiger partial charge < -0.3 is 9.47 Å². The molecule has 1 aliphatic heterocycles. The Labute approximate surface area is 158 Å². The van der Waals surface area contributed by atoms with Crippen LogP contribution in [0.4, 0.5) is 0 Å². The number of ether oxygens (including phenoxy) is 2. The van der Waals surface area contributed by atoms with E-state index in [0.29, 0.717) is 49.6 Å². The minimum absolute atomic E-state index is 0.188. The second-order valence-electron chi connectivity index (χ2n) is 7.47. The molecule has 27 heavy (non-hydrogen) atoms. The molecule has 2 aliphatic carbocycles. The Kier molecular flexibility index (Phi) is 4.12. The summed E-state index contributed by atoms with van der Waals surface area (Å²) >= 11 is 0. The highest BCUT2D eigenvalue weighted by Gasteiger charge is 2.32. The third-order valence-corrected chi connectivity index (χ3v) is 6.72.